The van der Waals surface area contributed by atoms with Crippen LogP contribution in [0.5, 0.6) is 0 Å². The lowest BCUT2D eigenvalue weighted by Crippen LogP contribution is -2.32. The number of carboxylic acid groups (broad SMARTS) is 1. The molecule has 0 aromatic carbocycles. The molecule has 0 saturated carbocycles. The van der Waals surface area contributed by atoms with Crippen molar-refractivity contribution in [2.24, 2.45) is 5.41 Å². The number of hydrogen-bond acceptors (Lipinski definition) is 3. The lowest BCUT2D eigenvalue weighted by atomic mass is 9.84. The zero-order chi connectivity index (χ0) is 12.0. The maximum Gasteiger partial charge on any atom is 0.303 e. The van der Waals surface area contributed by atoms with Crippen molar-refractivity contribution >= 4 is 5.97 Å². The Hall–Kier alpha value is -0.610. The molecule has 0 bridgehead atoms. The second-order valence-electron chi connectivity index (χ2n) is 5.32. The van der Waals surface area contributed by atoms with E-state index in [0.29, 0.717) is 6.04 Å². The van der Waals surface area contributed by atoms with Crippen LogP contribution in [0.2, 0.25) is 0 Å². The van der Waals surface area contributed by atoms with Crippen molar-refractivity contribution < 1.29 is 14.6 Å². The van der Waals surface area contributed by atoms with Crippen LogP contribution in [0.3, 0.4) is 0 Å². The fourth-order valence-corrected chi connectivity index (χ4v) is 1.88. The third-order valence-corrected chi connectivity index (χ3v) is 3.18. The van der Waals surface area contributed by atoms with Crippen molar-refractivity contribution in [2.75, 3.05) is 19.8 Å². The van der Waals surface area contributed by atoms with E-state index in [0.717, 1.165) is 39.0 Å². The number of nitrogens with one attached hydrogen (secondary N) is 1. The minimum Gasteiger partial charge on any atom is -0.481 e. The van der Waals surface area contributed by atoms with Gasteiger partial charge in [-0.05, 0) is 31.2 Å². The molecule has 4 heteroatoms. The normalized spacial score (nSPS) is 21.2. The van der Waals surface area contributed by atoms with Crippen LogP contribution in [0.4, 0.5) is 0 Å². The van der Waals surface area contributed by atoms with Gasteiger partial charge in [-0.2, -0.15) is 0 Å². The van der Waals surface area contributed by atoms with Gasteiger partial charge in [-0.25, -0.2) is 0 Å². The van der Waals surface area contributed by atoms with Gasteiger partial charge in [-0.3, -0.25) is 4.79 Å². The SMILES string of the molecule is CC(C)(CCNC1CCOC1)CCC(=O)O. The van der Waals surface area contributed by atoms with Crippen LogP contribution in [0, 0.1) is 5.41 Å². The Labute approximate surface area is 97.4 Å². The zero-order valence-corrected chi connectivity index (χ0v) is 10.3. The molecule has 1 aliphatic heterocycles. The summed E-state index contributed by atoms with van der Waals surface area (Å²) in [6, 6.07) is 0.496. The molecule has 0 radical (unpaired) electrons. The lowest BCUT2D eigenvalue weighted by Gasteiger charge is -2.24. The predicted octanol–water partition coefficient (Wildman–Crippen LogP) is 1.65. The van der Waals surface area contributed by atoms with E-state index in [-0.39, 0.29) is 11.8 Å². The predicted molar refractivity (Wildman–Crippen MR) is 62.5 cm³/mol. The van der Waals surface area contributed by atoms with Crippen LogP contribution in [0.1, 0.15) is 39.5 Å². The number of carbonyl (C=O) groups is 1. The second kappa shape index (κ2) is 6.21. The van der Waals surface area contributed by atoms with Crippen molar-refractivity contribution in [3.8, 4) is 0 Å². The summed E-state index contributed by atoms with van der Waals surface area (Å²) in [7, 11) is 0. The molecule has 1 unspecified atom stereocenters. The largest absolute Gasteiger partial charge is 0.481 e. The topological polar surface area (TPSA) is 58.6 Å². The fraction of sp³-hybridized carbons (Fsp3) is 0.917. The Morgan fingerprint density at radius 2 is 2.25 bits per heavy atom. The van der Waals surface area contributed by atoms with Crippen molar-refractivity contribution in [1.82, 2.24) is 5.32 Å². The van der Waals surface area contributed by atoms with Gasteiger partial charge in [0.2, 0.25) is 0 Å². The monoisotopic (exact) mass is 229 g/mol. The minimum absolute atomic E-state index is 0.102. The van der Waals surface area contributed by atoms with Crippen LogP contribution in [0.25, 0.3) is 0 Å². The average molecular weight is 229 g/mol. The number of ether oxygens (including phenoxy) is 1. The summed E-state index contributed by atoms with van der Waals surface area (Å²) in [5, 5.41) is 12.1. The summed E-state index contributed by atoms with van der Waals surface area (Å²) < 4.78 is 5.28. The molecule has 16 heavy (non-hydrogen) atoms. The highest BCUT2D eigenvalue weighted by Gasteiger charge is 2.20. The summed E-state index contributed by atoms with van der Waals surface area (Å²) >= 11 is 0. The Morgan fingerprint density at radius 3 is 2.81 bits per heavy atom. The molecule has 1 aliphatic rings. The molecule has 0 spiro atoms. The van der Waals surface area contributed by atoms with E-state index in [1.807, 2.05) is 0 Å². The molecule has 0 aliphatic carbocycles. The molecular formula is C12H23NO3. The van der Waals surface area contributed by atoms with Crippen LogP contribution in [-0.2, 0) is 9.53 Å². The van der Waals surface area contributed by atoms with Gasteiger partial charge in [0.1, 0.15) is 0 Å². The van der Waals surface area contributed by atoms with Crippen molar-refractivity contribution in [2.45, 2.75) is 45.6 Å². The standard InChI is InChI=1S/C12H23NO3/c1-12(2,5-3-11(14)15)6-7-13-10-4-8-16-9-10/h10,13H,3-9H2,1-2H3,(H,14,15). The van der Waals surface area contributed by atoms with Crippen LogP contribution in [0.15, 0.2) is 0 Å². The number of hydrogen-bond donors (Lipinski definition) is 2. The number of rotatable bonds is 7. The first-order chi connectivity index (χ1) is 7.49. The van der Waals surface area contributed by atoms with Gasteiger partial charge in [0.05, 0.1) is 6.61 Å². The quantitative estimate of drug-likeness (QED) is 0.697. The van der Waals surface area contributed by atoms with E-state index >= 15 is 0 Å². The third-order valence-electron chi connectivity index (χ3n) is 3.18. The van der Waals surface area contributed by atoms with E-state index in [2.05, 4.69) is 19.2 Å². The van der Waals surface area contributed by atoms with Gasteiger partial charge < -0.3 is 15.2 Å². The summed E-state index contributed by atoms with van der Waals surface area (Å²) in [5.41, 5.74) is 0.102. The molecule has 1 heterocycles. The Morgan fingerprint density at radius 1 is 1.50 bits per heavy atom. The first-order valence-corrected chi connectivity index (χ1v) is 6.02. The highest BCUT2D eigenvalue weighted by atomic mass is 16.5. The Balaban J connectivity index is 2.11. The van der Waals surface area contributed by atoms with Crippen molar-refractivity contribution in [3.05, 3.63) is 0 Å². The molecule has 2 N–H and O–H groups in total. The molecule has 1 saturated heterocycles. The third kappa shape index (κ3) is 5.47. The van der Waals surface area contributed by atoms with E-state index in [4.69, 9.17) is 9.84 Å². The van der Waals surface area contributed by atoms with E-state index in [1.165, 1.54) is 0 Å². The number of carboxylic acids is 1. The van der Waals surface area contributed by atoms with Gasteiger partial charge in [-0.1, -0.05) is 13.8 Å². The maximum atomic E-state index is 10.5. The second-order valence-corrected chi connectivity index (χ2v) is 5.32. The summed E-state index contributed by atoms with van der Waals surface area (Å²) in [6.07, 6.45) is 3.11. The van der Waals surface area contributed by atoms with Crippen molar-refractivity contribution in [3.63, 3.8) is 0 Å². The lowest BCUT2D eigenvalue weighted by molar-refractivity contribution is -0.137. The highest BCUT2D eigenvalue weighted by molar-refractivity contribution is 5.66. The molecule has 4 nitrogen and oxygen atoms in total. The average Bonchev–Trinajstić information content (AvgIpc) is 2.68. The number of aliphatic carboxylic acids is 1. The molecule has 0 amide bonds. The molecule has 1 atom stereocenters. The van der Waals surface area contributed by atoms with Crippen LogP contribution >= 0.6 is 0 Å². The molecular weight excluding hydrogens is 206 g/mol. The molecule has 1 rings (SSSR count). The van der Waals surface area contributed by atoms with E-state index in [9.17, 15) is 4.79 Å². The van der Waals surface area contributed by atoms with Gasteiger partial charge in [0.25, 0.3) is 0 Å². The van der Waals surface area contributed by atoms with Gasteiger partial charge in [-0.15, -0.1) is 0 Å². The molecule has 94 valence electrons. The summed E-state index contributed by atoms with van der Waals surface area (Å²) in [4.78, 5) is 10.5. The summed E-state index contributed by atoms with van der Waals surface area (Å²) in [6.45, 7) is 6.88. The smallest absolute Gasteiger partial charge is 0.303 e. The summed E-state index contributed by atoms with van der Waals surface area (Å²) in [5.74, 6) is -0.703. The van der Waals surface area contributed by atoms with E-state index < -0.39 is 5.97 Å². The molecule has 0 aromatic rings. The Bertz CT molecular complexity index is 222. The first kappa shape index (κ1) is 13.5. The Kier molecular flexibility index (Phi) is 5.22. The maximum absolute atomic E-state index is 10.5. The fourth-order valence-electron chi connectivity index (χ4n) is 1.88. The zero-order valence-electron chi connectivity index (χ0n) is 10.3. The van der Waals surface area contributed by atoms with Gasteiger partial charge >= 0.3 is 5.97 Å². The van der Waals surface area contributed by atoms with E-state index in [1.54, 1.807) is 0 Å². The first-order valence-electron chi connectivity index (χ1n) is 6.02. The highest BCUT2D eigenvalue weighted by Crippen LogP contribution is 2.26. The van der Waals surface area contributed by atoms with Crippen LogP contribution in [-0.4, -0.2) is 36.9 Å². The minimum atomic E-state index is -0.703. The van der Waals surface area contributed by atoms with Crippen LogP contribution < -0.4 is 5.32 Å². The van der Waals surface area contributed by atoms with Crippen molar-refractivity contribution in [1.29, 1.82) is 0 Å². The van der Waals surface area contributed by atoms with Gasteiger partial charge in [0.15, 0.2) is 0 Å². The molecule has 0 aromatic heterocycles. The molecule has 1 fully saturated rings. The van der Waals surface area contributed by atoms with Gasteiger partial charge in [0, 0.05) is 19.1 Å².